The van der Waals surface area contributed by atoms with E-state index in [0.29, 0.717) is 12.3 Å². The van der Waals surface area contributed by atoms with E-state index in [1.54, 1.807) is 0 Å². The molecule has 0 saturated carbocycles. The van der Waals surface area contributed by atoms with Crippen LogP contribution in [0.25, 0.3) is 22.4 Å². The third-order valence-corrected chi connectivity index (χ3v) is 3.56. The van der Waals surface area contributed by atoms with Crippen molar-refractivity contribution in [1.29, 1.82) is 0 Å². The van der Waals surface area contributed by atoms with Gasteiger partial charge < -0.3 is 10.3 Å². The average Bonchev–Trinajstić information content (AvgIpc) is 2.91. The van der Waals surface area contributed by atoms with E-state index in [2.05, 4.69) is 41.3 Å². The van der Waals surface area contributed by atoms with E-state index in [4.69, 9.17) is 0 Å². The number of fused-ring (bicyclic) bond motifs is 1. The first-order valence-electron chi connectivity index (χ1n) is 6.97. The van der Waals surface area contributed by atoms with E-state index in [0.717, 1.165) is 28.1 Å². The smallest absolute Gasteiger partial charge is 0.211 e. The fourth-order valence-corrected chi connectivity index (χ4v) is 2.32. The largest absolute Gasteiger partial charge is 0.338 e. The van der Waals surface area contributed by atoms with Gasteiger partial charge in [0.25, 0.3) is 0 Å². The summed E-state index contributed by atoms with van der Waals surface area (Å²) in [6, 6.07) is 13.9. The Bertz CT molecular complexity index is 772. The Hall–Kier alpha value is -2.62. The summed E-state index contributed by atoms with van der Waals surface area (Å²) >= 11 is 0. The summed E-state index contributed by atoms with van der Waals surface area (Å²) in [5.41, 5.74) is 5.07. The molecule has 2 N–H and O–H groups in total. The average molecular weight is 279 g/mol. The Labute approximate surface area is 123 Å². The van der Waals surface area contributed by atoms with Gasteiger partial charge in [0.15, 0.2) is 0 Å². The highest BCUT2D eigenvalue weighted by atomic mass is 16.1. The highest BCUT2D eigenvalue weighted by molar-refractivity contribution is 5.80. The molecule has 0 saturated heterocycles. The maximum atomic E-state index is 10.4. The number of carbonyl (C=O) groups excluding carboxylic acids is 1. The van der Waals surface area contributed by atoms with Gasteiger partial charge in [-0.05, 0) is 47.9 Å². The standard InChI is InChI=1S/C17H17N3O/c1-11(2)13-5-8-15-16(9-13)20-17(19-15)12-3-6-14(7-4-12)18-10-21/h3-11H,1-2H3,(H,18,21)(H,19,20). The first kappa shape index (κ1) is 13.4. The second-order valence-electron chi connectivity index (χ2n) is 5.36. The third kappa shape index (κ3) is 2.65. The summed E-state index contributed by atoms with van der Waals surface area (Å²) in [6.45, 7) is 4.36. The molecule has 0 aliphatic rings. The normalized spacial score (nSPS) is 11.0. The monoisotopic (exact) mass is 279 g/mol. The number of hydrogen-bond donors (Lipinski definition) is 2. The van der Waals surface area contributed by atoms with Crippen molar-refractivity contribution in [1.82, 2.24) is 9.97 Å². The molecule has 0 atom stereocenters. The van der Waals surface area contributed by atoms with Crippen LogP contribution in [0.4, 0.5) is 5.69 Å². The van der Waals surface area contributed by atoms with Crippen molar-refractivity contribution in [2.45, 2.75) is 19.8 Å². The molecule has 1 heterocycles. The highest BCUT2D eigenvalue weighted by Gasteiger charge is 2.07. The van der Waals surface area contributed by atoms with Gasteiger partial charge in [-0.3, -0.25) is 4.79 Å². The van der Waals surface area contributed by atoms with Crippen LogP contribution in [0, 0.1) is 0 Å². The molecule has 1 aromatic heterocycles. The molecular formula is C17H17N3O. The van der Waals surface area contributed by atoms with E-state index in [-0.39, 0.29) is 0 Å². The number of nitrogens with zero attached hydrogens (tertiary/aromatic N) is 1. The lowest BCUT2D eigenvalue weighted by atomic mass is 10.0. The van der Waals surface area contributed by atoms with Crippen molar-refractivity contribution >= 4 is 23.1 Å². The predicted molar refractivity (Wildman–Crippen MR) is 85.3 cm³/mol. The molecule has 106 valence electrons. The number of amides is 1. The lowest BCUT2D eigenvalue weighted by molar-refractivity contribution is -0.105. The predicted octanol–water partition coefficient (Wildman–Crippen LogP) is 3.92. The van der Waals surface area contributed by atoms with Gasteiger partial charge in [-0.25, -0.2) is 4.98 Å². The van der Waals surface area contributed by atoms with Crippen molar-refractivity contribution in [3.05, 3.63) is 48.0 Å². The van der Waals surface area contributed by atoms with Crippen LogP contribution in [0.3, 0.4) is 0 Å². The fourth-order valence-electron chi connectivity index (χ4n) is 2.32. The quantitative estimate of drug-likeness (QED) is 0.711. The van der Waals surface area contributed by atoms with Gasteiger partial charge in [0.05, 0.1) is 11.0 Å². The number of anilines is 1. The Kier molecular flexibility index (Phi) is 3.44. The van der Waals surface area contributed by atoms with Crippen LogP contribution in [0.15, 0.2) is 42.5 Å². The zero-order chi connectivity index (χ0) is 14.8. The molecule has 3 aromatic rings. The molecule has 4 heteroatoms. The number of carbonyl (C=O) groups is 1. The lowest BCUT2D eigenvalue weighted by Gasteiger charge is -2.03. The lowest BCUT2D eigenvalue weighted by Crippen LogP contribution is -1.92. The van der Waals surface area contributed by atoms with Gasteiger partial charge in [-0.1, -0.05) is 19.9 Å². The van der Waals surface area contributed by atoms with E-state index in [9.17, 15) is 4.79 Å². The Morgan fingerprint density at radius 2 is 1.90 bits per heavy atom. The Morgan fingerprint density at radius 1 is 1.14 bits per heavy atom. The summed E-state index contributed by atoms with van der Waals surface area (Å²) in [5.74, 6) is 1.33. The molecular weight excluding hydrogens is 262 g/mol. The molecule has 3 rings (SSSR count). The van der Waals surface area contributed by atoms with Crippen LogP contribution in [0.2, 0.25) is 0 Å². The number of nitrogens with one attached hydrogen (secondary N) is 2. The van der Waals surface area contributed by atoms with Crippen LogP contribution in [0.1, 0.15) is 25.3 Å². The van der Waals surface area contributed by atoms with Crippen LogP contribution in [-0.4, -0.2) is 16.4 Å². The van der Waals surface area contributed by atoms with Crippen molar-refractivity contribution in [2.75, 3.05) is 5.32 Å². The number of H-pyrrole nitrogens is 1. The maximum absolute atomic E-state index is 10.4. The first-order chi connectivity index (χ1) is 10.2. The van der Waals surface area contributed by atoms with E-state index in [1.165, 1.54) is 5.56 Å². The van der Waals surface area contributed by atoms with Gasteiger partial charge >= 0.3 is 0 Å². The molecule has 2 aromatic carbocycles. The van der Waals surface area contributed by atoms with Crippen molar-refractivity contribution in [3.8, 4) is 11.4 Å². The highest BCUT2D eigenvalue weighted by Crippen LogP contribution is 2.24. The number of rotatable bonds is 4. The zero-order valence-electron chi connectivity index (χ0n) is 12.1. The van der Waals surface area contributed by atoms with Gasteiger partial charge in [-0.2, -0.15) is 0 Å². The number of aromatic amines is 1. The summed E-state index contributed by atoms with van der Waals surface area (Å²) in [5, 5.41) is 2.62. The van der Waals surface area contributed by atoms with Gasteiger partial charge in [0.1, 0.15) is 5.82 Å². The molecule has 0 bridgehead atoms. The van der Waals surface area contributed by atoms with Crippen LogP contribution in [-0.2, 0) is 4.79 Å². The van der Waals surface area contributed by atoms with Crippen LogP contribution < -0.4 is 5.32 Å². The molecule has 0 fully saturated rings. The second-order valence-corrected chi connectivity index (χ2v) is 5.36. The molecule has 0 unspecified atom stereocenters. The van der Waals surface area contributed by atoms with Crippen molar-refractivity contribution < 1.29 is 4.79 Å². The number of benzene rings is 2. The first-order valence-corrected chi connectivity index (χ1v) is 6.97. The minimum absolute atomic E-state index is 0.495. The molecule has 4 nitrogen and oxygen atoms in total. The number of hydrogen-bond acceptors (Lipinski definition) is 2. The molecule has 21 heavy (non-hydrogen) atoms. The fraction of sp³-hybridized carbons (Fsp3) is 0.176. The summed E-state index contributed by atoms with van der Waals surface area (Å²) in [4.78, 5) is 18.4. The SMILES string of the molecule is CC(C)c1ccc2nc(-c3ccc(NC=O)cc3)[nH]c2c1. The Morgan fingerprint density at radius 3 is 2.57 bits per heavy atom. The van der Waals surface area contributed by atoms with Gasteiger partial charge in [-0.15, -0.1) is 0 Å². The van der Waals surface area contributed by atoms with E-state index in [1.807, 2.05) is 30.3 Å². The zero-order valence-corrected chi connectivity index (χ0v) is 12.1. The second kappa shape index (κ2) is 5.40. The molecule has 0 spiro atoms. The van der Waals surface area contributed by atoms with Gasteiger partial charge in [0.2, 0.25) is 6.41 Å². The maximum Gasteiger partial charge on any atom is 0.211 e. The van der Waals surface area contributed by atoms with Gasteiger partial charge in [0, 0.05) is 11.3 Å². The van der Waals surface area contributed by atoms with Crippen molar-refractivity contribution in [3.63, 3.8) is 0 Å². The number of aromatic nitrogens is 2. The molecule has 0 radical (unpaired) electrons. The van der Waals surface area contributed by atoms with E-state index < -0.39 is 0 Å². The van der Waals surface area contributed by atoms with Crippen LogP contribution >= 0.6 is 0 Å². The van der Waals surface area contributed by atoms with Crippen molar-refractivity contribution in [2.24, 2.45) is 0 Å². The minimum Gasteiger partial charge on any atom is -0.338 e. The summed E-state index contributed by atoms with van der Waals surface area (Å²) < 4.78 is 0. The van der Waals surface area contributed by atoms with Crippen LogP contribution in [0.5, 0.6) is 0 Å². The third-order valence-electron chi connectivity index (χ3n) is 3.56. The molecule has 0 aliphatic heterocycles. The summed E-state index contributed by atoms with van der Waals surface area (Å²) in [6.07, 6.45) is 0.670. The van der Waals surface area contributed by atoms with E-state index >= 15 is 0 Å². The Balaban J connectivity index is 1.98. The topological polar surface area (TPSA) is 57.8 Å². The minimum atomic E-state index is 0.495. The number of imidazole rings is 1. The summed E-state index contributed by atoms with van der Waals surface area (Å²) in [7, 11) is 0. The molecule has 0 aliphatic carbocycles. The molecule has 1 amide bonds.